The van der Waals surface area contributed by atoms with Gasteiger partial charge in [0.2, 0.25) is 5.91 Å². The van der Waals surface area contributed by atoms with Crippen LogP contribution in [0.5, 0.6) is 0 Å². The maximum atomic E-state index is 12.4. The highest BCUT2D eigenvalue weighted by Gasteiger charge is 2.38. The summed E-state index contributed by atoms with van der Waals surface area (Å²) in [6.45, 7) is 1.00. The van der Waals surface area contributed by atoms with Gasteiger partial charge < -0.3 is 5.73 Å². The zero-order valence-electron chi connectivity index (χ0n) is 8.01. The van der Waals surface area contributed by atoms with Crippen molar-refractivity contribution in [1.29, 1.82) is 0 Å². The predicted octanol–water partition coefficient (Wildman–Crippen LogP) is 2.45. The number of hydrogen-bond donors (Lipinski definition) is 1. The number of carbonyl (C=O) groups excluding carboxylic acids is 1. The van der Waals surface area contributed by atoms with Crippen molar-refractivity contribution < 1.29 is 18.0 Å². The monoisotopic (exact) mass is 217 g/mol. The molecule has 1 unspecified atom stereocenters. The van der Waals surface area contributed by atoms with E-state index in [1.807, 2.05) is 0 Å². The highest BCUT2D eigenvalue weighted by molar-refractivity contribution is 5.94. The van der Waals surface area contributed by atoms with Crippen molar-refractivity contribution in [2.75, 3.05) is 0 Å². The molecule has 82 valence electrons. The largest absolute Gasteiger partial charge is 0.395 e. The molecule has 0 radical (unpaired) electrons. The molecule has 1 aromatic rings. The Morgan fingerprint density at radius 3 is 2.33 bits per heavy atom. The Kier molecular flexibility index (Phi) is 3.02. The van der Waals surface area contributed by atoms with E-state index < -0.39 is 18.0 Å². The number of amides is 1. The third kappa shape index (κ3) is 2.49. The van der Waals surface area contributed by atoms with Crippen LogP contribution in [0.15, 0.2) is 24.3 Å². The molecule has 0 bridgehead atoms. The lowest BCUT2D eigenvalue weighted by molar-refractivity contribution is -0.146. The van der Waals surface area contributed by atoms with Gasteiger partial charge in [-0.05, 0) is 18.6 Å². The Labute approximate surface area is 84.9 Å². The zero-order chi connectivity index (χ0) is 11.6. The van der Waals surface area contributed by atoms with Gasteiger partial charge in [0.05, 0.1) is 5.92 Å². The highest BCUT2D eigenvalue weighted by Crippen LogP contribution is 2.35. The molecular formula is C10H10F3NO. The van der Waals surface area contributed by atoms with E-state index >= 15 is 0 Å². The Morgan fingerprint density at radius 2 is 1.87 bits per heavy atom. The molecule has 0 saturated heterocycles. The van der Waals surface area contributed by atoms with E-state index in [4.69, 9.17) is 5.73 Å². The van der Waals surface area contributed by atoms with Gasteiger partial charge in [-0.2, -0.15) is 13.2 Å². The fourth-order valence-electron chi connectivity index (χ4n) is 1.28. The van der Waals surface area contributed by atoms with Crippen molar-refractivity contribution in [1.82, 2.24) is 0 Å². The van der Waals surface area contributed by atoms with Gasteiger partial charge >= 0.3 is 6.18 Å². The lowest BCUT2D eigenvalue weighted by atomic mass is 9.95. The topological polar surface area (TPSA) is 43.1 Å². The maximum absolute atomic E-state index is 12.4. The molecule has 1 rings (SSSR count). The van der Waals surface area contributed by atoms with Crippen molar-refractivity contribution in [3.63, 3.8) is 0 Å². The molecule has 0 aromatic heterocycles. The van der Waals surface area contributed by atoms with Crippen molar-refractivity contribution in [2.24, 2.45) is 5.73 Å². The van der Waals surface area contributed by atoms with Gasteiger partial charge in [0.1, 0.15) is 0 Å². The van der Waals surface area contributed by atoms with E-state index in [0.717, 1.165) is 6.92 Å². The van der Waals surface area contributed by atoms with Crippen LogP contribution in [0.2, 0.25) is 0 Å². The Hall–Kier alpha value is -1.52. The molecular weight excluding hydrogens is 207 g/mol. The highest BCUT2D eigenvalue weighted by atomic mass is 19.4. The summed E-state index contributed by atoms with van der Waals surface area (Å²) in [5.74, 6) is -2.54. The average Bonchev–Trinajstić information content (AvgIpc) is 2.15. The standard InChI is InChI=1S/C10H10F3NO/c1-6(10(11,12)13)7-4-2-3-5-8(7)9(14)15/h2-6H,1H3,(H2,14,15). The van der Waals surface area contributed by atoms with Crippen LogP contribution in [-0.4, -0.2) is 12.1 Å². The molecule has 0 heterocycles. The van der Waals surface area contributed by atoms with Crippen LogP contribution in [0.3, 0.4) is 0 Å². The van der Waals surface area contributed by atoms with Gasteiger partial charge in [-0.3, -0.25) is 4.79 Å². The molecule has 1 aromatic carbocycles. The molecule has 2 N–H and O–H groups in total. The van der Waals surface area contributed by atoms with Crippen molar-refractivity contribution in [3.05, 3.63) is 35.4 Å². The lowest BCUT2D eigenvalue weighted by Gasteiger charge is -2.17. The maximum Gasteiger partial charge on any atom is 0.395 e. The van der Waals surface area contributed by atoms with Crippen molar-refractivity contribution >= 4 is 5.91 Å². The zero-order valence-corrected chi connectivity index (χ0v) is 8.01. The van der Waals surface area contributed by atoms with Gasteiger partial charge in [-0.15, -0.1) is 0 Å². The second-order valence-electron chi connectivity index (χ2n) is 3.21. The first-order valence-electron chi connectivity index (χ1n) is 4.29. The van der Waals surface area contributed by atoms with E-state index in [0.29, 0.717) is 0 Å². The lowest BCUT2D eigenvalue weighted by Crippen LogP contribution is -2.22. The number of halogens is 3. The molecule has 0 fully saturated rings. The first kappa shape index (κ1) is 11.6. The fourth-order valence-corrected chi connectivity index (χ4v) is 1.28. The van der Waals surface area contributed by atoms with E-state index in [2.05, 4.69) is 0 Å². The summed E-state index contributed by atoms with van der Waals surface area (Å²) >= 11 is 0. The Morgan fingerprint density at radius 1 is 1.33 bits per heavy atom. The summed E-state index contributed by atoms with van der Waals surface area (Å²) < 4.78 is 37.3. The first-order valence-corrected chi connectivity index (χ1v) is 4.29. The van der Waals surface area contributed by atoms with Crippen LogP contribution < -0.4 is 5.73 Å². The Balaban J connectivity index is 3.19. The quantitative estimate of drug-likeness (QED) is 0.812. The third-order valence-corrected chi connectivity index (χ3v) is 2.18. The summed E-state index contributed by atoms with van der Waals surface area (Å²) in [6.07, 6.45) is -4.37. The van der Waals surface area contributed by atoms with Crippen LogP contribution in [0, 0.1) is 0 Å². The second kappa shape index (κ2) is 3.92. The SMILES string of the molecule is CC(c1ccccc1C(N)=O)C(F)(F)F. The summed E-state index contributed by atoms with van der Waals surface area (Å²) in [6, 6.07) is 5.48. The van der Waals surface area contributed by atoms with Gasteiger partial charge in [0, 0.05) is 5.56 Å². The minimum Gasteiger partial charge on any atom is -0.366 e. The second-order valence-corrected chi connectivity index (χ2v) is 3.21. The molecule has 0 aliphatic carbocycles. The van der Waals surface area contributed by atoms with Crippen molar-refractivity contribution in [2.45, 2.75) is 19.0 Å². The molecule has 1 amide bonds. The fraction of sp³-hybridized carbons (Fsp3) is 0.300. The van der Waals surface area contributed by atoms with E-state index in [9.17, 15) is 18.0 Å². The molecule has 0 saturated carbocycles. The third-order valence-electron chi connectivity index (χ3n) is 2.18. The van der Waals surface area contributed by atoms with Gasteiger partial charge in [-0.1, -0.05) is 18.2 Å². The molecule has 2 nitrogen and oxygen atoms in total. The minimum atomic E-state index is -4.37. The normalized spacial score (nSPS) is 13.6. The Bertz CT molecular complexity index is 373. The number of rotatable bonds is 2. The molecule has 1 atom stereocenters. The van der Waals surface area contributed by atoms with Crippen LogP contribution in [0.25, 0.3) is 0 Å². The smallest absolute Gasteiger partial charge is 0.366 e. The van der Waals surface area contributed by atoms with Gasteiger partial charge in [0.15, 0.2) is 0 Å². The molecule has 0 aliphatic heterocycles. The van der Waals surface area contributed by atoms with Crippen LogP contribution in [-0.2, 0) is 0 Å². The van der Waals surface area contributed by atoms with Gasteiger partial charge in [0.25, 0.3) is 0 Å². The summed E-state index contributed by atoms with van der Waals surface area (Å²) in [7, 11) is 0. The van der Waals surface area contributed by atoms with Gasteiger partial charge in [-0.25, -0.2) is 0 Å². The average molecular weight is 217 g/mol. The van der Waals surface area contributed by atoms with E-state index in [1.165, 1.54) is 24.3 Å². The number of hydrogen-bond acceptors (Lipinski definition) is 1. The number of primary amides is 1. The summed E-state index contributed by atoms with van der Waals surface area (Å²) in [5.41, 5.74) is 4.82. The van der Waals surface area contributed by atoms with Crippen LogP contribution in [0.4, 0.5) is 13.2 Å². The van der Waals surface area contributed by atoms with E-state index in [1.54, 1.807) is 0 Å². The number of nitrogens with two attached hydrogens (primary N) is 1. The molecule has 0 aliphatic rings. The van der Waals surface area contributed by atoms with Crippen LogP contribution >= 0.6 is 0 Å². The number of carbonyl (C=O) groups is 1. The summed E-state index contributed by atoms with van der Waals surface area (Å²) in [5, 5.41) is 0. The minimum absolute atomic E-state index is 0.0812. The van der Waals surface area contributed by atoms with Crippen molar-refractivity contribution in [3.8, 4) is 0 Å². The van der Waals surface area contributed by atoms with Crippen LogP contribution in [0.1, 0.15) is 28.8 Å². The molecule has 5 heteroatoms. The van der Waals surface area contributed by atoms with E-state index in [-0.39, 0.29) is 11.1 Å². The predicted molar refractivity (Wildman–Crippen MR) is 49.4 cm³/mol. The number of benzene rings is 1. The molecule has 0 spiro atoms. The summed E-state index contributed by atoms with van der Waals surface area (Å²) in [4.78, 5) is 10.9. The molecule has 15 heavy (non-hydrogen) atoms. The first-order chi connectivity index (χ1) is 6.84. The number of alkyl halides is 3.